The number of amides is 1. The lowest BCUT2D eigenvalue weighted by Gasteiger charge is -2.12. The smallest absolute Gasteiger partial charge is 0.316 e. The van der Waals surface area contributed by atoms with Crippen LogP contribution in [0.3, 0.4) is 0 Å². The number of aromatic amines is 1. The molecule has 1 aromatic heterocycles. The van der Waals surface area contributed by atoms with Crippen molar-refractivity contribution in [3.8, 4) is 0 Å². The molecule has 2 rings (SSSR count). The van der Waals surface area contributed by atoms with Crippen LogP contribution in [-0.2, 0) is 11.0 Å². The molecule has 122 valence electrons. The number of rotatable bonds is 2. The minimum absolute atomic E-state index is 0.326. The molecule has 1 heterocycles. The van der Waals surface area contributed by atoms with E-state index in [1.165, 1.54) is 0 Å². The fourth-order valence-corrected chi connectivity index (χ4v) is 1.90. The van der Waals surface area contributed by atoms with E-state index in [0.717, 1.165) is 6.92 Å². The van der Waals surface area contributed by atoms with Gasteiger partial charge in [0.05, 0.1) is 16.0 Å². The molecule has 0 fully saturated rings. The Balaban J connectivity index is 2.98. The highest BCUT2D eigenvalue weighted by Gasteiger charge is 2.39. The summed E-state index contributed by atoms with van der Waals surface area (Å²) >= 11 is 0. The van der Waals surface area contributed by atoms with Gasteiger partial charge in [0.2, 0.25) is 5.91 Å². The second-order valence-corrected chi connectivity index (χ2v) is 4.40. The maximum Gasteiger partial charge on any atom is 0.423 e. The van der Waals surface area contributed by atoms with Crippen LogP contribution in [0.4, 0.5) is 18.9 Å². The molecule has 0 saturated heterocycles. The topological polar surface area (TPSA) is 127 Å². The van der Waals surface area contributed by atoms with E-state index in [-0.39, 0.29) is 0 Å². The molecule has 9 nitrogen and oxygen atoms in total. The predicted octanol–water partition coefficient (Wildman–Crippen LogP) is 0.707. The molecule has 0 aliphatic carbocycles. The summed E-state index contributed by atoms with van der Waals surface area (Å²) in [7, 11) is 0. The van der Waals surface area contributed by atoms with Crippen molar-refractivity contribution in [3.05, 3.63) is 48.5 Å². The van der Waals surface area contributed by atoms with Gasteiger partial charge in [-0.15, -0.1) is 0 Å². The quantitative estimate of drug-likeness (QED) is 0.475. The van der Waals surface area contributed by atoms with Gasteiger partial charge in [-0.1, -0.05) is 0 Å². The molecule has 1 aromatic carbocycles. The van der Waals surface area contributed by atoms with Gasteiger partial charge >= 0.3 is 17.3 Å². The minimum Gasteiger partial charge on any atom is -0.316 e. The van der Waals surface area contributed by atoms with Gasteiger partial charge in [0.25, 0.3) is 5.69 Å². The van der Waals surface area contributed by atoms with Gasteiger partial charge in [-0.2, -0.15) is 13.2 Å². The number of carbonyl (C=O) groups is 1. The van der Waals surface area contributed by atoms with E-state index >= 15 is 0 Å². The number of hydrogen-bond donors (Lipinski definition) is 2. The molecule has 0 bridgehead atoms. The van der Waals surface area contributed by atoms with Crippen LogP contribution in [0.15, 0.2) is 21.7 Å². The fraction of sp³-hybridized carbons (Fsp3) is 0.182. The van der Waals surface area contributed by atoms with Crippen LogP contribution in [0.1, 0.15) is 12.5 Å². The van der Waals surface area contributed by atoms with E-state index in [1.807, 2.05) is 10.4 Å². The van der Waals surface area contributed by atoms with Crippen molar-refractivity contribution in [1.29, 1.82) is 0 Å². The SMILES string of the molecule is CC(=O)Nn1c(=O)c(=O)[nH]c2cc(C(F)(F)F)c([N+](=O)[O-])cc21. The molecule has 0 aliphatic rings. The Hall–Kier alpha value is -3.18. The summed E-state index contributed by atoms with van der Waals surface area (Å²) in [5.74, 6) is -0.804. The Morgan fingerprint density at radius 2 is 1.96 bits per heavy atom. The van der Waals surface area contributed by atoms with Crippen molar-refractivity contribution in [1.82, 2.24) is 9.66 Å². The highest BCUT2D eigenvalue weighted by Crippen LogP contribution is 2.37. The van der Waals surface area contributed by atoms with E-state index in [4.69, 9.17) is 0 Å². The molecule has 0 atom stereocenters. The van der Waals surface area contributed by atoms with Crippen LogP contribution >= 0.6 is 0 Å². The largest absolute Gasteiger partial charge is 0.423 e. The Morgan fingerprint density at radius 3 is 2.43 bits per heavy atom. The lowest BCUT2D eigenvalue weighted by atomic mass is 10.1. The third-order valence-electron chi connectivity index (χ3n) is 2.77. The minimum atomic E-state index is -5.05. The van der Waals surface area contributed by atoms with Gasteiger partial charge in [-0.25, -0.2) is 4.68 Å². The lowest BCUT2D eigenvalue weighted by molar-refractivity contribution is -0.387. The third kappa shape index (κ3) is 2.90. The van der Waals surface area contributed by atoms with Crippen molar-refractivity contribution in [2.75, 3.05) is 5.43 Å². The van der Waals surface area contributed by atoms with E-state index in [2.05, 4.69) is 0 Å². The molecular weight excluding hydrogens is 325 g/mol. The number of nitro groups is 1. The normalized spacial score (nSPS) is 11.5. The zero-order chi connectivity index (χ0) is 17.5. The number of nitro benzene ring substituents is 1. The van der Waals surface area contributed by atoms with Crippen LogP contribution in [0.25, 0.3) is 11.0 Å². The highest BCUT2D eigenvalue weighted by atomic mass is 19.4. The summed E-state index contributed by atoms with van der Waals surface area (Å²) in [6.07, 6.45) is -5.05. The molecule has 2 N–H and O–H groups in total. The molecule has 2 aromatic rings. The molecule has 23 heavy (non-hydrogen) atoms. The van der Waals surface area contributed by atoms with Gasteiger partial charge in [0, 0.05) is 13.0 Å². The second-order valence-electron chi connectivity index (χ2n) is 4.40. The third-order valence-corrected chi connectivity index (χ3v) is 2.77. The summed E-state index contributed by atoms with van der Waals surface area (Å²) in [5.41, 5.74) is -4.55. The first-order valence-corrected chi connectivity index (χ1v) is 5.84. The molecule has 0 aliphatic heterocycles. The average molecular weight is 332 g/mol. The Bertz CT molecular complexity index is 944. The van der Waals surface area contributed by atoms with Crippen molar-refractivity contribution in [2.45, 2.75) is 13.1 Å². The number of aromatic nitrogens is 2. The number of fused-ring (bicyclic) bond motifs is 1. The fourth-order valence-electron chi connectivity index (χ4n) is 1.90. The van der Waals surface area contributed by atoms with Crippen molar-refractivity contribution >= 4 is 22.6 Å². The number of halogens is 3. The Labute approximate surface area is 123 Å². The zero-order valence-corrected chi connectivity index (χ0v) is 11.2. The molecule has 12 heteroatoms. The van der Waals surface area contributed by atoms with Crippen molar-refractivity contribution in [3.63, 3.8) is 0 Å². The summed E-state index contributed by atoms with van der Waals surface area (Å²) in [6, 6.07) is 0.776. The van der Waals surface area contributed by atoms with E-state index in [0.29, 0.717) is 16.8 Å². The first-order chi connectivity index (χ1) is 10.5. The summed E-state index contributed by atoms with van der Waals surface area (Å²) in [4.78, 5) is 45.7. The average Bonchev–Trinajstić information content (AvgIpc) is 2.41. The van der Waals surface area contributed by atoms with Crippen LogP contribution < -0.4 is 16.5 Å². The van der Waals surface area contributed by atoms with Crippen LogP contribution in [0, 0.1) is 10.1 Å². The first-order valence-electron chi connectivity index (χ1n) is 5.84. The molecule has 0 saturated carbocycles. The zero-order valence-electron chi connectivity index (χ0n) is 11.2. The van der Waals surface area contributed by atoms with E-state index in [9.17, 15) is 37.7 Å². The maximum atomic E-state index is 12.9. The van der Waals surface area contributed by atoms with Crippen LogP contribution in [0.2, 0.25) is 0 Å². The number of nitrogens with one attached hydrogen (secondary N) is 2. The van der Waals surface area contributed by atoms with Crippen LogP contribution in [0.5, 0.6) is 0 Å². The van der Waals surface area contributed by atoms with E-state index < -0.39 is 50.4 Å². The van der Waals surface area contributed by atoms with Crippen molar-refractivity contribution in [2.24, 2.45) is 0 Å². The molecule has 0 radical (unpaired) electrons. The molecule has 1 amide bonds. The Kier molecular flexibility index (Phi) is 3.68. The lowest BCUT2D eigenvalue weighted by Crippen LogP contribution is -2.42. The highest BCUT2D eigenvalue weighted by molar-refractivity contribution is 5.85. The van der Waals surface area contributed by atoms with Gasteiger partial charge in [0.15, 0.2) is 0 Å². The summed E-state index contributed by atoms with van der Waals surface area (Å²) in [5, 5.41) is 10.9. The summed E-state index contributed by atoms with van der Waals surface area (Å²) in [6.45, 7) is 0.984. The van der Waals surface area contributed by atoms with Crippen molar-refractivity contribution < 1.29 is 22.9 Å². The number of alkyl halides is 3. The van der Waals surface area contributed by atoms with Gasteiger partial charge < -0.3 is 4.98 Å². The number of benzene rings is 1. The summed E-state index contributed by atoms with van der Waals surface area (Å²) < 4.78 is 39.0. The van der Waals surface area contributed by atoms with Gasteiger partial charge in [-0.05, 0) is 6.07 Å². The number of H-pyrrole nitrogens is 1. The first kappa shape index (κ1) is 16.2. The predicted molar refractivity (Wildman–Crippen MR) is 70.5 cm³/mol. The molecule has 0 unspecified atom stereocenters. The van der Waals surface area contributed by atoms with E-state index in [1.54, 1.807) is 0 Å². The molecule has 0 spiro atoms. The maximum absolute atomic E-state index is 12.9. The van der Waals surface area contributed by atoms with Gasteiger partial charge in [-0.3, -0.25) is 29.9 Å². The standard InChI is InChI=1S/C11H7F3N4O5/c1-4(19)16-17-8-3-7(18(22)23)5(11(12,13)14)2-6(8)15-9(20)10(17)21/h2-3H,1H3,(H,15,20)(H,16,19). The van der Waals surface area contributed by atoms with Crippen LogP contribution in [-0.4, -0.2) is 20.5 Å². The monoisotopic (exact) mass is 332 g/mol. The Morgan fingerprint density at radius 1 is 1.35 bits per heavy atom. The number of hydrogen-bond acceptors (Lipinski definition) is 5. The van der Waals surface area contributed by atoms with Gasteiger partial charge in [0.1, 0.15) is 5.56 Å². The molecular formula is C11H7F3N4O5. The number of carbonyl (C=O) groups excluding carboxylic acids is 1. The number of nitrogens with zero attached hydrogens (tertiary/aromatic N) is 2. The second kappa shape index (κ2) is 5.23.